The second kappa shape index (κ2) is 6.42. The number of benzene rings is 1. The molecule has 0 unspecified atom stereocenters. The molecule has 116 valence electrons. The van der Waals surface area contributed by atoms with Gasteiger partial charge >= 0.3 is 0 Å². The zero-order chi connectivity index (χ0) is 15.5. The summed E-state index contributed by atoms with van der Waals surface area (Å²) in [6, 6.07) is 4.05. The summed E-state index contributed by atoms with van der Waals surface area (Å²) >= 11 is 0. The number of morpholine rings is 1. The molecule has 7 nitrogen and oxygen atoms in total. The van der Waals surface area contributed by atoms with E-state index in [4.69, 9.17) is 14.6 Å². The number of sulfonamides is 1. The monoisotopic (exact) mass is 314 g/mol. The van der Waals surface area contributed by atoms with Gasteiger partial charge in [-0.2, -0.15) is 0 Å². The molecule has 1 aromatic rings. The maximum Gasteiger partial charge on any atom is 0.257 e. The Bertz CT molecular complexity index is 623. The van der Waals surface area contributed by atoms with Crippen molar-refractivity contribution in [1.29, 1.82) is 0 Å². The molecule has 0 aliphatic carbocycles. The fourth-order valence-corrected chi connectivity index (χ4v) is 2.61. The molecule has 0 spiro atoms. The molecule has 1 aromatic carbocycles. The molecule has 2 N–H and O–H groups in total. The Labute approximate surface area is 123 Å². The molecule has 2 rings (SSSR count). The van der Waals surface area contributed by atoms with Crippen LogP contribution in [0.3, 0.4) is 0 Å². The number of hydrogen-bond donors (Lipinski definition) is 1. The van der Waals surface area contributed by atoms with E-state index in [1.54, 1.807) is 11.8 Å². The van der Waals surface area contributed by atoms with E-state index >= 15 is 0 Å². The van der Waals surface area contributed by atoms with Crippen LogP contribution >= 0.6 is 0 Å². The second-order valence-corrected chi connectivity index (χ2v) is 6.10. The SMILES string of the molecule is CCOc1ccc(S(N)(=O)=O)cc1C(=O)N1CCOCC1. The topological polar surface area (TPSA) is 98.9 Å². The zero-order valence-corrected chi connectivity index (χ0v) is 12.6. The van der Waals surface area contributed by atoms with Crippen LogP contribution < -0.4 is 9.88 Å². The highest BCUT2D eigenvalue weighted by Gasteiger charge is 2.23. The number of nitrogens with two attached hydrogens (primary N) is 1. The van der Waals surface area contributed by atoms with Gasteiger partial charge in [0.05, 0.1) is 30.3 Å². The summed E-state index contributed by atoms with van der Waals surface area (Å²) in [6.07, 6.45) is 0. The van der Waals surface area contributed by atoms with Gasteiger partial charge in [0, 0.05) is 13.1 Å². The number of primary sulfonamides is 1. The van der Waals surface area contributed by atoms with E-state index in [1.807, 2.05) is 0 Å². The summed E-state index contributed by atoms with van der Waals surface area (Å²) in [5.41, 5.74) is 0.199. The summed E-state index contributed by atoms with van der Waals surface area (Å²) in [6.45, 7) is 4.01. The van der Waals surface area contributed by atoms with Crippen molar-refractivity contribution in [2.45, 2.75) is 11.8 Å². The van der Waals surface area contributed by atoms with E-state index in [0.29, 0.717) is 38.7 Å². The number of hydrogen-bond acceptors (Lipinski definition) is 5. The van der Waals surface area contributed by atoms with Crippen LogP contribution in [0.15, 0.2) is 23.1 Å². The first-order chi connectivity index (χ1) is 9.93. The average Bonchev–Trinajstić information content (AvgIpc) is 2.47. The second-order valence-electron chi connectivity index (χ2n) is 4.54. The van der Waals surface area contributed by atoms with Gasteiger partial charge in [0.25, 0.3) is 5.91 Å². The molecule has 1 fully saturated rings. The number of amides is 1. The molecule has 0 radical (unpaired) electrons. The molecule has 0 saturated carbocycles. The molecule has 1 saturated heterocycles. The lowest BCUT2D eigenvalue weighted by Gasteiger charge is -2.27. The van der Waals surface area contributed by atoms with E-state index in [9.17, 15) is 13.2 Å². The predicted molar refractivity (Wildman–Crippen MR) is 75.7 cm³/mol. The van der Waals surface area contributed by atoms with Crippen LogP contribution in [-0.4, -0.2) is 52.1 Å². The molecule has 1 aliphatic rings. The zero-order valence-electron chi connectivity index (χ0n) is 11.7. The van der Waals surface area contributed by atoms with Gasteiger partial charge in [-0.1, -0.05) is 0 Å². The fourth-order valence-electron chi connectivity index (χ4n) is 2.07. The van der Waals surface area contributed by atoms with E-state index in [-0.39, 0.29) is 16.4 Å². The van der Waals surface area contributed by atoms with Crippen LogP contribution in [0.5, 0.6) is 5.75 Å². The van der Waals surface area contributed by atoms with Crippen LogP contribution in [-0.2, 0) is 14.8 Å². The Morgan fingerprint density at radius 1 is 1.38 bits per heavy atom. The van der Waals surface area contributed by atoms with Crippen LogP contribution in [0, 0.1) is 0 Å². The number of rotatable bonds is 4. The van der Waals surface area contributed by atoms with Crippen molar-refractivity contribution in [2.24, 2.45) is 5.14 Å². The van der Waals surface area contributed by atoms with Gasteiger partial charge in [-0.15, -0.1) is 0 Å². The van der Waals surface area contributed by atoms with E-state index < -0.39 is 10.0 Å². The fraction of sp³-hybridized carbons (Fsp3) is 0.462. The highest BCUT2D eigenvalue weighted by atomic mass is 32.2. The molecule has 1 amide bonds. The Kier molecular flexibility index (Phi) is 4.81. The first-order valence-electron chi connectivity index (χ1n) is 6.60. The molecule has 1 aliphatic heterocycles. The van der Waals surface area contributed by atoms with E-state index in [0.717, 1.165) is 0 Å². The van der Waals surface area contributed by atoms with Crippen molar-refractivity contribution < 1.29 is 22.7 Å². The Morgan fingerprint density at radius 2 is 2.05 bits per heavy atom. The lowest BCUT2D eigenvalue weighted by atomic mass is 10.1. The van der Waals surface area contributed by atoms with Gasteiger partial charge in [-0.05, 0) is 25.1 Å². The highest BCUT2D eigenvalue weighted by Crippen LogP contribution is 2.24. The van der Waals surface area contributed by atoms with Gasteiger partial charge in [0.15, 0.2) is 0 Å². The van der Waals surface area contributed by atoms with Gasteiger partial charge < -0.3 is 14.4 Å². The number of ether oxygens (including phenoxy) is 2. The van der Waals surface area contributed by atoms with Crippen LogP contribution in [0.4, 0.5) is 0 Å². The minimum atomic E-state index is -3.87. The van der Waals surface area contributed by atoms with Gasteiger partial charge in [-0.25, -0.2) is 13.6 Å². The quantitative estimate of drug-likeness (QED) is 0.856. The molecule has 0 atom stereocenters. The van der Waals surface area contributed by atoms with Crippen molar-refractivity contribution in [3.8, 4) is 5.75 Å². The van der Waals surface area contributed by atoms with Gasteiger partial charge in [0.1, 0.15) is 5.75 Å². The average molecular weight is 314 g/mol. The lowest BCUT2D eigenvalue weighted by Crippen LogP contribution is -2.40. The third kappa shape index (κ3) is 3.72. The lowest BCUT2D eigenvalue weighted by molar-refractivity contribution is 0.0300. The van der Waals surface area contributed by atoms with Crippen molar-refractivity contribution in [2.75, 3.05) is 32.9 Å². The largest absolute Gasteiger partial charge is 0.493 e. The Morgan fingerprint density at radius 3 is 2.62 bits per heavy atom. The highest BCUT2D eigenvalue weighted by molar-refractivity contribution is 7.89. The molecule has 0 bridgehead atoms. The number of carbonyl (C=O) groups is 1. The molecular formula is C13H18N2O5S. The van der Waals surface area contributed by atoms with Gasteiger partial charge in [0.2, 0.25) is 10.0 Å². The van der Waals surface area contributed by atoms with E-state index in [1.165, 1.54) is 18.2 Å². The Hall–Kier alpha value is -1.64. The summed E-state index contributed by atoms with van der Waals surface area (Å²) in [7, 11) is -3.87. The first-order valence-corrected chi connectivity index (χ1v) is 8.14. The predicted octanol–water partition coefficient (Wildman–Crippen LogP) is 0.205. The molecule has 1 heterocycles. The Balaban J connectivity index is 2.40. The van der Waals surface area contributed by atoms with Crippen molar-refractivity contribution in [3.05, 3.63) is 23.8 Å². The molecular weight excluding hydrogens is 296 g/mol. The minimum absolute atomic E-state index is 0.109. The number of nitrogens with zero attached hydrogens (tertiary/aromatic N) is 1. The van der Waals surface area contributed by atoms with Crippen molar-refractivity contribution in [3.63, 3.8) is 0 Å². The summed E-state index contributed by atoms with van der Waals surface area (Å²) in [5, 5.41) is 5.11. The van der Waals surface area contributed by atoms with Crippen LogP contribution in [0.1, 0.15) is 17.3 Å². The van der Waals surface area contributed by atoms with Crippen molar-refractivity contribution >= 4 is 15.9 Å². The van der Waals surface area contributed by atoms with Crippen molar-refractivity contribution in [1.82, 2.24) is 4.90 Å². The number of carbonyl (C=O) groups excluding carboxylic acids is 1. The summed E-state index contributed by atoms with van der Waals surface area (Å²) in [4.78, 5) is 14.0. The van der Waals surface area contributed by atoms with E-state index in [2.05, 4.69) is 0 Å². The maximum absolute atomic E-state index is 12.5. The third-order valence-electron chi connectivity index (χ3n) is 3.11. The third-order valence-corrected chi connectivity index (χ3v) is 4.02. The summed E-state index contributed by atoms with van der Waals surface area (Å²) < 4.78 is 33.5. The van der Waals surface area contributed by atoms with Crippen LogP contribution in [0.25, 0.3) is 0 Å². The minimum Gasteiger partial charge on any atom is -0.493 e. The smallest absolute Gasteiger partial charge is 0.257 e. The van der Waals surface area contributed by atoms with Crippen LogP contribution in [0.2, 0.25) is 0 Å². The maximum atomic E-state index is 12.5. The standard InChI is InChI=1S/C13H18N2O5S/c1-2-20-12-4-3-10(21(14,17)18)9-11(12)13(16)15-5-7-19-8-6-15/h3-4,9H,2,5-8H2,1H3,(H2,14,17,18). The summed E-state index contributed by atoms with van der Waals surface area (Å²) in [5.74, 6) is 0.0636. The normalized spacial score (nSPS) is 15.8. The first kappa shape index (κ1) is 15.7. The van der Waals surface area contributed by atoms with Gasteiger partial charge in [-0.3, -0.25) is 4.79 Å². The molecule has 0 aromatic heterocycles. The molecule has 8 heteroatoms. The molecule has 21 heavy (non-hydrogen) atoms.